The molecule has 2 saturated carbocycles. The Hall–Kier alpha value is -0.300. The van der Waals surface area contributed by atoms with Crippen molar-refractivity contribution in [3.8, 4) is 0 Å². The Bertz CT molecular complexity index is 211. The second kappa shape index (κ2) is 2.35. The van der Waals surface area contributed by atoms with E-state index in [1.165, 1.54) is 25.7 Å². The average Bonchev–Trinajstić information content (AvgIpc) is 2.02. The molecule has 2 aliphatic carbocycles. The van der Waals surface area contributed by atoms with Crippen molar-refractivity contribution in [3.05, 3.63) is 12.7 Å². The maximum Gasteiger partial charge on any atom is 0.0863 e. The molecule has 12 heavy (non-hydrogen) atoms. The van der Waals surface area contributed by atoms with E-state index in [1.807, 2.05) is 0 Å². The SMILES string of the molecule is C=CC1(O)C[C@]2(C)CCCC[C@H]12. The summed E-state index contributed by atoms with van der Waals surface area (Å²) in [5.74, 6) is 0.497. The van der Waals surface area contributed by atoms with Gasteiger partial charge in [0.15, 0.2) is 0 Å². The highest BCUT2D eigenvalue weighted by Gasteiger charge is 2.58. The van der Waals surface area contributed by atoms with Gasteiger partial charge >= 0.3 is 0 Å². The Kier molecular flexibility index (Phi) is 1.63. The van der Waals surface area contributed by atoms with Gasteiger partial charge in [-0.25, -0.2) is 0 Å². The van der Waals surface area contributed by atoms with Crippen LogP contribution in [0.25, 0.3) is 0 Å². The van der Waals surface area contributed by atoms with E-state index >= 15 is 0 Å². The quantitative estimate of drug-likeness (QED) is 0.593. The number of rotatable bonds is 1. The molecule has 0 aromatic heterocycles. The molecule has 2 fully saturated rings. The van der Waals surface area contributed by atoms with E-state index in [9.17, 15) is 5.11 Å². The van der Waals surface area contributed by atoms with E-state index in [-0.39, 0.29) is 0 Å². The van der Waals surface area contributed by atoms with Gasteiger partial charge in [0.05, 0.1) is 5.60 Å². The van der Waals surface area contributed by atoms with Gasteiger partial charge in [-0.1, -0.05) is 25.8 Å². The third-order valence-corrected chi connectivity index (χ3v) is 3.98. The van der Waals surface area contributed by atoms with Crippen molar-refractivity contribution in [3.63, 3.8) is 0 Å². The lowest BCUT2D eigenvalue weighted by molar-refractivity contribution is -0.173. The highest BCUT2D eigenvalue weighted by molar-refractivity contribution is 5.17. The summed E-state index contributed by atoms with van der Waals surface area (Å²) in [7, 11) is 0. The van der Waals surface area contributed by atoms with E-state index in [0.717, 1.165) is 6.42 Å². The van der Waals surface area contributed by atoms with Gasteiger partial charge in [0.25, 0.3) is 0 Å². The van der Waals surface area contributed by atoms with Crippen LogP contribution < -0.4 is 0 Å². The smallest absolute Gasteiger partial charge is 0.0863 e. The molecule has 2 rings (SSSR count). The van der Waals surface area contributed by atoms with Gasteiger partial charge in [-0.2, -0.15) is 0 Å². The second-order valence-corrected chi connectivity index (χ2v) is 4.82. The van der Waals surface area contributed by atoms with E-state index in [1.54, 1.807) is 6.08 Å². The molecule has 0 radical (unpaired) electrons. The van der Waals surface area contributed by atoms with E-state index in [0.29, 0.717) is 11.3 Å². The van der Waals surface area contributed by atoms with Gasteiger partial charge in [0.2, 0.25) is 0 Å². The molecule has 0 saturated heterocycles. The predicted molar refractivity (Wildman–Crippen MR) is 49.8 cm³/mol. The van der Waals surface area contributed by atoms with Crippen LogP contribution in [0.5, 0.6) is 0 Å². The van der Waals surface area contributed by atoms with Gasteiger partial charge in [-0.3, -0.25) is 0 Å². The molecule has 3 atom stereocenters. The fraction of sp³-hybridized carbons (Fsp3) is 0.818. The van der Waals surface area contributed by atoms with Crippen LogP contribution in [0, 0.1) is 11.3 Å². The van der Waals surface area contributed by atoms with E-state index < -0.39 is 5.60 Å². The van der Waals surface area contributed by atoms with Crippen molar-refractivity contribution in [1.82, 2.24) is 0 Å². The minimum Gasteiger partial charge on any atom is -0.385 e. The molecule has 0 aromatic rings. The largest absolute Gasteiger partial charge is 0.385 e. The zero-order valence-corrected chi connectivity index (χ0v) is 7.84. The van der Waals surface area contributed by atoms with Gasteiger partial charge < -0.3 is 5.11 Å². The molecule has 0 aromatic carbocycles. The summed E-state index contributed by atoms with van der Waals surface area (Å²) >= 11 is 0. The average molecular weight is 166 g/mol. The highest BCUT2D eigenvalue weighted by atomic mass is 16.3. The summed E-state index contributed by atoms with van der Waals surface area (Å²) in [5, 5.41) is 10.1. The van der Waals surface area contributed by atoms with Crippen molar-refractivity contribution < 1.29 is 5.11 Å². The number of aliphatic hydroxyl groups is 1. The first-order valence-electron chi connectivity index (χ1n) is 4.97. The molecular weight excluding hydrogens is 148 g/mol. The van der Waals surface area contributed by atoms with Crippen LogP contribution in [-0.2, 0) is 0 Å². The Morgan fingerprint density at radius 3 is 2.83 bits per heavy atom. The van der Waals surface area contributed by atoms with Gasteiger partial charge in [-0.15, -0.1) is 6.58 Å². The van der Waals surface area contributed by atoms with Crippen LogP contribution >= 0.6 is 0 Å². The first kappa shape index (κ1) is 8.31. The van der Waals surface area contributed by atoms with Crippen LogP contribution in [0.4, 0.5) is 0 Å². The Morgan fingerprint density at radius 1 is 1.50 bits per heavy atom. The molecule has 1 N–H and O–H groups in total. The number of hydrogen-bond acceptors (Lipinski definition) is 1. The van der Waals surface area contributed by atoms with Crippen molar-refractivity contribution in [2.45, 2.75) is 44.6 Å². The molecule has 1 unspecified atom stereocenters. The zero-order valence-electron chi connectivity index (χ0n) is 7.84. The minimum absolute atomic E-state index is 0.432. The highest BCUT2D eigenvalue weighted by Crippen LogP contribution is 2.61. The summed E-state index contributed by atoms with van der Waals surface area (Å²) in [5.41, 5.74) is -0.0869. The van der Waals surface area contributed by atoms with Crippen molar-refractivity contribution in [1.29, 1.82) is 0 Å². The number of fused-ring (bicyclic) bond motifs is 1. The first-order chi connectivity index (χ1) is 5.61. The molecule has 1 heteroatoms. The summed E-state index contributed by atoms with van der Waals surface area (Å²) < 4.78 is 0. The summed E-state index contributed by atoms with van der Waals surface area (Å²) in [6.45, 7) is 6.04. The van der Waals surface area contributed by atoms with Gasteiger partial charge in [-0.05, 0) is 30.6 Å². The maximum atomic E-state index is 10.1. The Labute approximate surface area is 74.5 Å². The lowest BCUT2D eigenvalue weighted by atomic mass is 9.47. The summed E-state index contributed by atoms with van der Waals surface area (Å²) in [6.07, 6.45) is 7.82. The van der Waals surface area contributed by atoms with Crippen LogP contribution in [0.2, 0.25) is 0 Å². The third kappa shape index (κ3) is 0.891. The molecule has 68 valence electrons. The predicted octanol–water partition coefficient (Wildman–Crippen LogP) is 2.50. The van der Waals surface area contributed by atoms with Crippen LogP contribution in [-0.4, -0.2) is 10.7 Å². The normalized spacial score (nSPS) is 52.3. The fourth-order valence-electron chi connectivity index (χ4n) is 3.32. The maximum absolute atomic E-state index is 10.1. The fourth-order valence-corrected chi connectivity index (χ4v) is 3.32. The zero-order chi connectivity index (χ0) is 8.82. The third-order valence-electron chi connectivity index (χ3n) is 3.98. The van der Waals surface area contributed by atoms with E-state index in [2.05, 4.69) is 13.5 Å². The topological polar surface area (TPSA) is 20.2 Å². The molecule has 0 heterocycles. The molecule has 0 amide bonds. The standard InChI is InChI=1S/C11H18O/c1-3-11(12)8-10(2)7-5-4-6-9(10)11/h3,9,12H,1,4-8H2,2H3/t9-,10-,11?/m0/s1. The molecule has 0 aliphatic heterocycles. The molecule has 1 nitrogen and oxygen atoms in total. The van der Waals surface area contributed by atoms with Gasteiger partial charge in [0.1, 0.15) is 0 Å². The van der Waals surface area contributed by atoms with Crippen molar-refractivity contribution in [2.24, 2.45) is 11.3 Å². The second-order valence-electron chi connectivity index (χ2n) is 4.82. The van der Waals surface area contributed by atoms with Crippen LogP contribution in [0.15, 0.2) is 12.7 Å². The van der Waals surface area contributed by atoms with Crippen LogP contribution in [0.1, 0.15) is 39.0 Å². The molecular formula is C11H18O. The molecule has 0 bridgehead atoms. The van der Waals surface area contributed by atoms with Crippen molar-refractivity contribution >= 4 is 0 Å². The van der Waals surface area contributed by atoms with Gasteiger partial charge in [0, 0.05) is 0 Å². The lowest BCUT2D eigenvalue weighted by Crippen LogP contribution is -2.60. The molecule has 0 spiro atoms. The van der Waals surface area contributed by atoms with E-state index in [4.69, 9.17) is 0 Å². The Morgan fingerprint density at radius 2 is 2.25 bits per heavy atom. The Balaban J connectivity index is 2.16. The minimum atomic E-state index is -0.519. The summed E-state index contributed by atoms with van der Waals surface area (Å²) in [6, 6.07) is 0. The summed E-state index contributed by atoms with van der Waals surface area (Å²) in [4.78, 5) is 0. The lowest BCUT2D eigenvalue weighted by Gasteiger charge is -2.60. The first-order valence-corrected chi connectivity index (χ1v) is 4.97. The number of hydrogen-bond donors (Lipinski definition) is 1. The molecule has 2 aliphatic rings. The van der Waals surface area contributed by atoms with Crippen molar-refractivity contribution in [2.75, 3.05) is 0 Å². The monoisotopic (exact) mass is 166 g/mol. The van der Waals surface area contributed by atoms with Crippen LogP contribution in [0.3, 0.4) is 0 Å².